The number of aliphatic carboxylic acids is 1. The van der Waals surface area contributed by atoms with E-state index in [9.17, 15) is 4.79 Å². The van der Waals surface area contributed by atoms with Crippen LogP contribution in [0.3, 0.4) is 0 Å². The molecule has 0 aliphatic heterocycles. The van der Waals surface area contributed by atoms with E-state index in [1.807, 2.05) is 18.7 Å². The van der Waals surface area contributed by atoms with Crippen molar-refractivity contribution in [2.75, 3.05) is 0 Å². The lowest BCUT2D eigenvalue weighted by atomic mass is 9.82. The van der Waals surface area contributed by atoms with Gasteiger partial charge in [-0.1, -0.05) is 11.6 Å². The van der Waals surface area contributed by atoms with Crippen LogP contribution in [0.2, 0.25) is 0 Å². The predicted octanol–water partition coefficient (Wildman–Crippen LogP) is 2.79. The van der Waals surface area contributed by atoms with Crippen molar-refractivity contribution in [3.05, 3.63) is 29.1 Å². The lowest BCUT2D eigenvalue weighted by Crippen LogP contribution is -2.07. The second-order valence-corrected chi connectivity index (χ2v) is 5.08. The van der Waals surface area contributed by atoms with E-state index in [4.69, 9.17) is 5.11 Å². The third kappa shape index (κ3) is 3.00. The van der Waals surface area contributed by atoms with Gasteiger partial charge in [0.25, 0.3) is 0 Å². The van der Waals surface area contributed by atoms with Gasteiger partial charge in [0.05, 0.1) is 5.69 Å². The minimum atomic E-state index is -0.712. The van der Waals surface area contributed by atoms with Crippen LogP contribution in [0, 0.1) is 6.92 Å². The number of carboxylic acids is 1. The molecule has 18 heavy (non-hydrogen) atoms. The molecule has 1 aromatic rings. The van der Waals surface area contributed by atoms with Gasteiger partial charge in [0.15, 0.2) is 0 Å². The molecule has 4 heteroatoms. The summed E-state index contributed by atoms with van der Waals surface area (Å²) >= 11 is 0. The highest BCUT2D eigenvalue weighted by Crippen LogP contribution is 2.35. The molecule has 0 saturated carbocycles. The van der Waals surface area contributed by atoms with E-state index >= 15 is 0 Å². The second kappa shape index (κ2) is 5.38. The van der Waals surface area contributed by atoms with E-state index in [0.29, 0.717) is 12.3 Å². The van der Waals surface area contributed by atoms with E-state index in [2.05, 4.69) is 17.4 Å². The van der Waals surface area contributed by atoms with Crippen LogP contribution >= 0.6 is 0 Å². The summed E-state index contributed by atoms with van der Waals surface area (Å²) in [5.41, 5.74) is 3.71. The SMILES string of the molecule is Cc1nn(C)cc1C1CCC=C(CCC(=O)O)C1. The Morgan fingerprint density at radius 1 is 1.61 bits per heavy atom. The zero-order valence-corrected chi connectivity index (χ0v) is 11.0. The largest absolute Gasteiger partial charge is 0.481 e. The zero-order valence-electron chi connectivity index (χ0n) is 11.0. The predicted molar refractivity (Wildman–Crippen MR) is 69.5 cm³/mol. The molecule has 2 rings (SSSR count). The summed E-state index contributed by atoms with van der Waals surface area (Å²) in [4.78, 5) is 10.6. The van der Waals surface area contributed by atoms with Gasteiger partial charge in [0.1, 0.15) is 0 Å². The minimum absolute atomic E-state index is 0.241. The van der Waals surface area contributed by atoms with Crippen molar-refractivity contribution in [1.29, 1.82) is 0 Å². The first-order valence-electron chi connectivity index (χ1n) is 6.46. The van der Waals surface area contributed by atoms with Crippen LogP contribution in [0.1, 0.15) is 49.3 Å². The van der Waals surface area contributed by atoms with Crippen molar-refractivity contribution in [3.8, 4) is 0 Å². The van der Waals surface area contributed by atoms with E-state index in [-0.39, 0.29) is 6.42 Å². The Labute approximate surface area is 107 Å². The highest BCUT2D eigenvalue weighted by atomic mass is 16.4. The maximum absolute atomic E-state index is 10.6. The van der Waals surface area contributed by atoms with Crippen molar-refractivity contribution in [2.45, 2.75) is 44.9 Å². The van der Waals surface area contributed by atoms with Crippen LogP contribution in [-0.4, -0.2) is 20.9 Å². The van der Waals surface area contributed by atoms with Gasteiger partial charge in [-0.3, -0.25) is 9.48 Å². The number of hydrogen-bond acceptors (Lipinski definition) is 2. The summed E-state index contributed by atoms with van der Waals surface area (Å²) in [7, 11) is 1.94. The maximum Gasteiger partial charge on any atom is 0.303 e. The van der Waals surface area contributed by atoms with Gasteiger partial charge in [-0.25, -0.2) is 0 Å². The molecule has 1 heterocycles. The molecule has 1 atom stereocenters. The first-order chi connectivity index (χ1) is 8.56. The summed E-state index contributed by atoms with van der Waals surface area (Å²) in [6.07, 6.45) is 8.41. The van der Waals surface area contributed by atoms with Gasteiger partial charge in [-0.2, -0.15) is 5.10 Å². The monoisotopic (exact) mass is 248 g/mol. The fourth-order valence-electron chi connectivity index (χ4n) is 2.75. The summed E-state index contributed by atoms with van der Waals surface area (Å²) in [5, 5.41) is 13.1. The Hall–Kier alpha value is -1.58. The topological polar surface area (TPSA) is 55.1 Å². The number of allylic oxidation sites excluding steroid dienone is 2. The highest BCUT2D eigenvalue weighted by Gasteiger charge is 2.20. The van der Waals surface area contributed by atoms with Crippen molar-refractivity contribution in [3.63, 3.8) is 0 Å². The average molecular weight is 248 g/mol. The van der Waals surface area contributed by atoms with Gasteiger partial charge in [-0.05, 0) is 44.1 Å². The fourth-order valence-corrected chi connectivity index (χ4v) is 2.75. The van der Waals surface area contributed by atoms with Crippen molar-refractivity contribution >= 4 is 5.97 Å². The first-order valence-corrected chi connectivity index (χ1v) is 6.46. The Balaban J connectivity index is 2.03. The molecule has 0 fully saturated rings. The molecule has 0 bridgehead atoms. The molecule has 98 valence electrons. The average Bonchev–Trinajstić information content (AvgIpc) is 2.66. The van der Waals surface area contributed by atoms with Gasteiger partial charge >= 0.3 is 5.97 Å². The van der Waals surface area contributed by atoms with Crippen LogP contribution < -0.4 is 0 Å². The Kier molecular flexibility index (Phi) is 3.84. The molecule has 1 aromatic heterocycles. The molecule has 4 nitrogen and oxygen atoms in total. The number of aromatic nitrogens is 2. The molecule has 1 aliphatic carbocycles. The van der Waals surface area contributed by atoms with Crippen LogP contribution in [0.15, 0.2) is 17.8 Å². The van der Waals surface area contributed by atoms with Crippen molar-refractivity contribution < 1.29 is 9.90 Å². The zero-order chi connectivity index (χ0) is 13.1. The van der Waals surface area contributed by atoms with Crippen LogP contribution in [0.4, 0.5) is 0 Å². The van der Waals surface area contributed by atoms with Gasteiger partial charge in [0.2, 0.25) is 0 Å². The molecular formula is C14H20N2O2. The van der Waals surface area contributed by atoms with Crippen LogP contribution in [-0.2, 0) is 11.8 Å². The van der Waals surface area contributed by atoms with Crippen molar-refractivity contribution in [1.82, 2.24) is 9.78 Å². The molecule has 0 spiro atoms. The molecule has 0 amide bonds. The standard InChI is InChI=1S/C14H20N2O2/c1-10-13(9-16(2)15-10)12-5-3-4-11(8-12)6-7-14(17)18/h4,9,12H,3,5-8H2,1-2H3,(H,17,18). The van der Waals surface area contributed by atoms with E-state index in [0.717, 1.165) is 25.0 Å². The molecule has 1 unspecified atom stereocenters. The Morgan fingerprint density at radius 3 is 3.00 bits per heavy atom. The van der Waals surface area contributed by atoms with E-state index in [1.165, 1.54) is 11.1 Å². The third-order valence-electron chi connectivity index (χ3n) is 3.61. The first kappa shape index (κ1) is 12.9. The van der Waals surface area contributed by atoms with Gasteiger partial charge in [-0.15, -0.1) is 0 Å². The molecule has 1 aliphatic rings. The summed E-state index contributed by atoms with van der Waals surface area (Å²) in [5.74, 6) is -0.205. The smallest absolute Gasteiger partial charge is 0.303 e. The van der Waals surface area contributed by atoms with Gasteiger partial charge < -0.3 is 5.11 Å². The molecular weight excluding hydrogens is 228 g/mol. The number of nitrogens with zero attached hydrogens (tertiary/aromatic N) is 2. The number of aryl methyl sites for hydroxylation is 2. The quantitative estimate of drug-likeness (QED) is 0.833. The van der Waals surface area contributed by atoms with E-state index in [1.54, 1.807) is 0 Å². The maximum atomic E-state index is 10.6. The number of carbonyl (C=O) groups is 1. The fraction of sp³-hybridized carbons (Fsp3) is 0.571. The van der Waals surface area contributed by atoms with Crippen molar-refractivity contribution in [2.24, 2.45) is 7.05 Å². The Morgan fingerprint density at radius 2 is 2.39 bits per heavy atom. The molecule has 0 radical (unpaired) electrons. The summed E-state index contributed by atoms with van der Waals surface area (Å²) in [6, 6.07) is 0. The normalized spacial score (nSPS) is 19.7. The van der Waals surface area contributed by atoms with E-state index < -0.39 is 5.97 Å². The summed E-state index contributed by atoms with van der Waals surface area (Å²) in [6.45, 7) is 2.05. The second-order valence-electron chi connectivity index (χ2n) is 5.08. The number of rotatable bonds is 4. The molecule has 0 saturated heterocycles. The number of carboxylic acid groups (broad SMARTS) is 1. The highest BCUT2D eigenvalue weighted by molar-refractivity contribution is 5.67. The third-order valence-corrected chi connectivity index (χ3v) is 3.61. The Bertz CT molecular complexity index is 474. The van der Waals surface area contributed by atoms with Gasteiger partial charge in [0, 0.05) is 19.7 Å². The lowest BCUT2D eigenvalue weighted by molar-refractivity contribution is -0.136. The minimum Gasteiger partial charge on any atom is -0.481 e. The lowest BCUT2D eigenvalue weighted by Gasteiger charge is -2.22. The van der Waals surface area contributed by atoms with Crippen LogP contribution in [0.5, 0.6) is 0 Å². The summed E-state index contributed by atoms with van der Waals surface area (Å²) < 4.78 is 1.86. The molecule has 1 N–H and O–H groups in total. The number of hydrogen-bond donors (Lipinski definition) is 1. The van der Waals surface area contributed by atoms with Crippen LogP contribution in [0.25, 0.3) is 0 Å². The molecule has 0 aromatic carbocycles.